The number of pyridine rings is 1. The summed E-state index contributed by atoms with van der Waals surface area (Å²) in [5.41, 5.74) is 0.195. The van der Waals surface area contributed by atoms with E-state index in [9.17, 15) is 24.0 Å². The molecule has 2 heterocycles. The lowest BCUT2D eigenvalue weighted by Crippen LogP contribution is -2.67. The Morgan fingerprint density at radius 2 is 1.39 bits per heavy atom. The predicted molar refractivity (Wildman–Crippen MR) is 99.0 cm³/mol. The van der Waals surface area contributed by atoms with Gasteiger partial charge in [0.05, 0.1) is 7.11 Å². The molecule has 0 unspecified atom stereocenters. The number of nitrogens with one attached hydrogen (secondary N) is 1. The fourth-order valence-corrected chi connectivity index (χ4v) is 2.95. The second-order valence-electron chi connectivity index (χ2n) is 6.43. The van der Waals surface area contributed by atoms with Crippen molar-refractivity contribution in [2.75, 3.05) is 7.11 Å². The maximum Gasteiger partial charge on any atom is 0.339 e. The second kappa shape index (κ2) is 10.5. The number of carbonyl (C=O) groups is 5. The molecule has 12 heteroatoms. The zero-order valence-electron chi connectivity index (χ0n) is 17.2. The van der Waals surface area contributed by atoms with E-state index in [1.807, 2.05) is 0 Å². The van der Waals surface area contributed by atoms with Gasteiger partial charge in [0.15, 0.2) is 30.6 Å². The first kappa shape index (κ1) is 23.7. The van der Waals surface area contributed by atoms with Gasteiger partial charge in [0.2, 0.25) is 0 Å². The molecule has 31 heavy (non-hydrogen) atoms. The number of hydrogen-bond donors (Lipinski definition) is 1. The van der Waals surface area contributed by atoms with E-state index < -0.39 is 60.4 Å². The Kier molecular flexibility index (Phi) is 8.02. The summed E-state index contributed by atoms with van der Waals surface area (Å²) in [4.78, 5) is 63.8. The van der Waals surface area contributed by atoms with Crippen LogP contribution in [0.5, 0.6) is 0 Å². The quantitative estimate of drug-likeness (QED) is 0.451. The summed E-state index contributed by atoms with van der Waals surface area (Å²) >= 11 is 0. The minimum Gasteiger partial charge on any atom is -0.467 e. The van der Waals surface area contributed by atoms with Crippen LogP contribution in [0.25, 0.3) is 0 Å². The molecule has 1 N–H and O–H groups in total. The van der Waals surface area contributed by atoms with E-state index in [1.165, 1.54) is 24.5 Å². The Balaban J connectivity index is 2.46. The number of carbonyl (C=O) groups excluding carboxylic acids is 5. The van der Waals surface area contributed by atoms with Crippen molar-refractivity contribution in [3.63, 3.8) is 0 Å². The van der Waals surface area contributed by atoms with Crippen molar-refractivity contribution in [3.05, 3.63) is 30.1 Å². The van der Waals surface area contributed by atoms with Crippen LogP contribution in [0, 0.1) is 0 Å². The van der Waals surface area contributed by atoms with E-state index >= 15 is 0 Å². The Bertz CT molecular complexity index is 843. The van der Waals surface area contributed by atoms with Crippen LogP contribution in [-0.2, 0) is 42.9 Å². The molecule has 1 fully saturated rings. The SMILES string of the molecule is COC(=O)[C@H]1O[C@@H](NC(=O)c2ccncc2)[C@H](OC(C)=O)[C@@H](OC(C)=O)[C@@H]1OC(C)=O. The summed E-state index contributed by atoms with van der Waals surface area (Å²) in [6.45, 7) is 3.22. The van der Waals surface area contributed by atoms with Gasteiger partial charge in [0.25, 0.3) is 5.91 Å². The molecule has 0 radical (unpaired) electrons. The topological polar surface area (TPSA) is 156 Å². The Labute approximate surface area is 177 Å². The van der Waals surface area contributed by atoms with Crippen LogP contribution in [0.2, 0.25) is 0 Å². The second-order valence-corrected chi connectivity index (χ2v) is 6.43. The van der Waals surface area contributed by atoms with Gasteiger partial charge < -0.3 is 29.0 Å². The molecule has 0 aliphatic carbocycles. The average molecular weight is 438 g/mol. The van der Waals surface area contributed by atoms with Crippen LogP contribution in [0.1, 0.15) is 31.1 Å². The van der Waals surface area contributed by atoms with Crippen LogP contribution < -0.4 is 5.32 Å². The Hall–Kier alpha value is -3.54. The van der Waals surface area contributed by atoms with Gasteiger partial charge in [-0.05, 0) is 12.1 Å². The normalized spacial score (nSPS) is 25.0. The molecule has 1 aliphatic rings. The first-order valence-electron chi connectivity index (χ1n) is 9.09. The first-order valence-corrected chi connectivity index (χ1v) is 9.09. The molecule has 0 aromatic carbocycles. The lowest BCUT2D eigenvalue weighted by atomic mass is 9.96. The number of ether oxygens (including phenoxy) is 5. The van der Waals surface area contributed by atoms with Gasteiger partial charge in [0.1, 0.15) is 0 Å². The van der Waals surface area contributed by atoms with Crippen LogP contribution in [0.4, 0.5) is 0 Å². The molecule has 0 spiro atoms. The molecule has 1 aromatic heterocycles. The summed E-state index contributed by atoms with van der Waals surface area (Å²) in [6.07, 6.45) is -4.71. The molecule has 5 atom stereocenters. The van der Waals surface area contributed by atoms with Crippen LogP contribution in [-0.4, -0.2) is 72.5 Å². The zero-order chi connectivity index (χ0) is 23.1. The van der Waals surface area contributed by atoms with E-state index in [-0.39, 0.29) is 5.56 Å². The lowest BCUT2D eigenvalue weighted by molar-refractivity contribution is -0.251. The predicted octanol–water partition coefficient (Wildman–Crippen LogP) is -0.496. The summed E-state index contributed by atoms with van der Waals surface area (Å²) < 4.78 is 25.9. The smallest absolute Gasteiger partial charge is 0.339 e. The third-order valence-electron chi connectivity index (χ3n) is 4.09. The number of esters is 4. The Morgan fingerprint density at radius 3 is 1.90 bits per heavy atom. The highest BCUT2D eigenvalue weighted by atomic mass is 16.7. The van der Waals surface area contributed by atoms with E-state index in [2.05, 4.69) is 15.0 Å². The Morgan fingerprint density at radius 1 is 0.871 bits per heavy atom. The molecule has 168 valence electrons. The summed E-state index contributed by atoms with van der Waals surface area (Å²) in [7, 11) is 1.07. The van der Waals surface area contributed by atoms with Crippen molar-refractivity contribution in [1.29, 1.82) is 0 Å². The van der Waals surface area contributed by atoms with Crippen molar-refractivity contribution in [2.24, 2.45) is 0 Å². The molecule has 0 saturated carbocycles. The van der Waals surface area contributed by atoms with Crippen molar-refractivity contribution in [3.8, 4) is 0 Å². The monoisotopic (exact) mass is 438 g/mol. The highest BCUT2D eigenvalue weighted by Crippen LogP contribution is 2.29. The first-order chi connectivity index (χ1) is 14.6. The minimum absolute atomic E-state index is 0.195. The van der Waals surface area contributed by atoms with E-state index in [0.717, 1.165) is 27.9 Å². The van der Waals surface area contributed by atoms with Crippen LogP contribution in [0.3, 0.4) is 0 Å². The zero-order valence-corrected chi connectivity index (χ0v) is 17.2. The molecule has 1 amide bonds. The van der Waals surface area contributed by atoms with Crippen molar-refractivity contribution < 1.29 is 47.7 Å². The minimum atomic E-state index is -1.59. The van der Waals surface area contributed by atoms with Gasteiger partial charge in [-0.15, -0.1) is 0 Å². The number of aromatic nitrogens is 1. The average Bonchev–Trinajstić information content (AvgIpc) is 2.71. The maximum atomic E-state index is 12.6. The largest absolute Gasteiger partial charge is 0.467 e. The molecule has 2 rings (SSSR count). The molecule has 1 saturated heterocycles. The van der Waals surface area contributed by atoms with Gasteiger partial charge in [-0.25, -0.2) is 4.79 Å². The van der Waals surface area contributed by atoms with Crippen molar-refractivity contribution in [2.45, 2.75) is 51.4 Å². The van der Waals surface area contributed by atoms with Gasteiger partial charge in [-0.3, -0.25) is 24.2 Å². The van der Waals surface area contributed by atoms with E-state index in [1.54, 1.807) is 0 Å². The third-order valence-corrected chi connectivity index (χ3v) is 4.09. The standard InChI is InChI=1S/C19H22N2O10/c1-9(22)28-13-14(29-10(2)23)16(19(26)27-4)31-18(15(13)30-11(3)24)21-17(25)12-5-7-20-8-6-12/h5-8,13-16,18H,1-4H3,(H,21,25)/t13-,14-,15+,16-,18+/m0/s1. The van der Waals surface area contributed by atoms with Crippen molar-refractivity contribution in [1.82, 2.24) is 10.3 Å². The molecule has 1 aliphatic heterocycles. The van der Waals surface area contributed by atoms with E-state index in [4.69, 9.17) is 18.9 Å². The third kappa shape index (κ3) is 6.22. The molecular formula is C19H22N2O10. The number of hydrogen-bond acceptors (Lipinski definition) is 11. The molecule has 12 nitrogen and oxygen atoms in total. The number of methoxy groups -OCH3 is 1. The number of nitrogens with zero attached hydrogens (tertiary/aromatic N) is 1. The molecular weight excluding hydrogens is 416 g/mol. The van der Waals surface area contributed by atoms with Crippen LogP contribution in [0.15, 0.2) is 24.5 Å². The van der Waals surface area contributed by atoms with E-state index in [0.29, 0.717) is 0 Å². The lowest BCUT2D eigenvalue weighted by Gasteiger charge is -2.43. The fourth-order valence-electron chi connectivity index (χ4n) is 2.95. The number of amides is 1. The van der Waals surface area contributed by atoms with Crippen LogP contribution >= 0.6 is 0 Å². The molecule has 0 bridgehead atoms. The summed E-state index contributed by atoms with van der Waals surface area (Å²) in [5.74, 6) is -4.05. The van der Waals surface area contributed by atoms with Gasteiger partial charge in [-0.1, -0.05) is 0 Å². The summed E-state index contributed by atoms with van der Waals surface area (Å²) in [5, 5.41) is 2.47. The van der Waals surface area contributed by atoms with Gasteiger partial charge >= 0.3 is 23.9 Å². The molecule has 1 aromatic rings. The van der Waals surface area contributed by atoms with Gasteiger partial charge in [0, 0.05) is 38.7 Å². The highest BCUT2D eigenvalue weighted by molar-refractivity contribution is 5.94. The fraction of sp³-hybridized carbons (Fsp3) is 0.474. The maximum absolute atomic E-state index is 12.6. The van der Waals surface area contributed by atoms with Crippen molar-refractivity contribution >= 4 is 29.8 Å². The highest BCUT2D eigenvalue weighted by Gasteiger charge is 2.55. The number of rotatable bonds is 6. The summed E-state index contributed by atoms with van der Waals surface area (Å²) in [6, 6.07) is 2.84. The van der Waals surface area contributed by atoms with Gasteiger partial charge in [-0.2, -0.15) is 0 Å².